The Bertz CT molecular complexity index is 1480. The Balaban J connectivity index is 1.50. The van der Waals surface area contributed by atoms with Gasteiger partial charge in [-0.25, -0.2) is 4.79 Å². The summed E-state index contributed by atoms with van der Waals surface area (Å²) in [6, 6.07) is 17.1. The summed E-state index contributed by atoms with van der Waals surface area (Å²) in [5.74, 6) is -0.173. The molecule has 2 aromatic heterocycles. The molecule has 41 heavy (non-hydrogen) atoms. The molecular weight excluding hydrogens is 524 g/mol. The number of pyridine rings is 1. The molecule has 0 bridgehead atoms. The van der Waals surface area contributed by atoms with Crippen molar-refractivity contribution in [3.63, 3.8) is 0 Å². The van der Waals surface area contributed by atoms with Gasteiger partial charge in [-0.1, -0.05) is 6.07 Å². The van der Waals surface area contributed by atoms with Crippen molar-refractivity contribution >= 4 is 28.7 Å². The molecule has 0 radical (unpaired) electrons. The van der Waals surface area contributed by atoms with E-state index in [1.807, 2.05) is 42.6 Å². The van der Waals surface area contributed by atoms with Crippen LogP contribution in [-0.4, -0.2) is 45.6 Å². The highest BCUT2D eigenvalue weighted by atomic mass is 16.5. The maximum atomic E-state index is 12.7. The minimum absolute atomic E-state index is 0.152. The lowest BCUT2D eigenvalue weighted by Crippen LogP contribution is -2.43. The van der Waals surface area contributed by atoms with E-state index >= 15 is 0 Å². The number of rotatable bonds is 13. The Hall–Kier alpha value is -4.86. The van der Waals surface area contributed by atoms with Crippen molar-refractivity contribution in [1.29, 1.82) is 0 Å². The van der Waals surface area contributed by atoms with Crippen LogP contribution in [0.5, 0.6) is 17.2 Å². The Morgan fingerprint density at radius 1 is 1.02 bits per heavy atom. The number of phenolic OH excluding ortho intramolecular Hbond substituents is 1. The molecule has 0 aliphatic carbocycles. The van der Waals surface area contributed by atoms with Gasteiger partial charge in [-0.2, -0.15) is 0 Å². The van der Waals surface area contributed by atoms with Crippen LogP contribution >= 0.6 is 0 Å². The summed E-state index contributed by atoms with van der Waals surface area (Å²) in [5.41, 5.74) is 2.94. The first kappa shape index (κ1) is 29.1. The number of benzene rings is 2. The number of carbonyl (C=O) groups excluding carboxylic acids is 3. The van der Waals surface area contributed by atoms with Crippen LogP contribution in [0.25, 0.3) is 10.9 Å². The molecule has 4 aromatic rings. The zero-order valence-corrected chi connectivity index (χ0v) is 23.1. The molecule has 1 unspecified atom stereocenters. The second kappa shape index (κ2) is 14.0. The van der Waals surface area contributed by atoms with Crippen LogP contribution < -0.4 is 15.4 Å². The van der Waals surface area contributed by atoms with Crippen LogP contribution in [0.15, 0.2) is 73.1 Å². The van der Waals surface area contributed by atoms with E-state index < -0.39 is 23.8 Å². The molecule has 0 saturated carbocycles. The van der Waals surface area contributed by atoms with E-state index in [1.54, 1.807) is 30.5 Å². The summed E-state index contributed by atoms with van der Waals surface area (Å²) in [6.45, 7) is 2.27. The molecule has 0 fully saturated rings. The van der Waals surface area contributed by atoms with Crippen molar-refractivity contribution in [2.45, 2.75) is 51.7 Å². The molecule has 4 rings (SSSR count). The molecule has 2 aromatic carbocycles. The van der Waals surface area contributed by atoms with Gasteiger partial charge >= 0.3 is 5.97 Å². The zero-order chi connectivity index (χ0) is 29.2. The summed E-state index contributed by atoms with van der Waals surface area (Å²) < 4.78 is 12.9. The fourth-order valence-corrected chi connectivity index (χ4v) is 4.56. The molecule has 0 saturated heterocycles. The quantitative estimate of drug-likeness (QED) is 0.165. The van der Waals surface area contributed by atoms with Crippen molar-refractivity contribution in [3.8, 4) is 17.2 Å². The maximum absolute atomic E-state index is 12.7. The minimum atomic E-state index is -1.07. The number of amides is 2. The zero-order valence-electron chi connectivity index (χ0n) is 23.1. The number of esters is 1. The van der Waals surface area contributed by atoms with E-state index in [0.29, 0.717) is 11.5 Å². The van der Waals surface area contributed by atoms with Gasteiger partial charge in [0.15, 0.2) is 0 Å². The Morgan fingerprint density at radius 2 is 1.80 bits per heavy atom. The highest BCUT2D eigenvalue weighted by Crippen LogP contribution is 2.30. The number of aromatic nitrogens is 2. The highest BCUT2D eigenvalue weighted by molar-refractivity contribution is 5.89. The molecule has 2 heterocycles. The fraction of sp³-hybridized carbons (Fsp3) is 0.290. The second-order valence-electron chi connectivity index (χ2n) is 9.66. The van der Waals surface area contributed by atoms with Crippen LogP contribution in [-0.2, 0) is 38.6 Å². The number of nitrogens with zero attached hydrogens (tertiary/aromatic N) is 2. The second-order valence-corrected chi connectivity index (χ2v) is 9.66. The van der Waals surface area contributed by atoms with Gasteiger partial charge in [0.2, 0.25) is 11.8 Å². The number of hydrogen-bond donors (Lipinski definition) is 3. The first-order valence-corrected chi connectivity index (χ1v) is 13.4. The smallest absolute Gasteiger partial charge is 0.328 e. The number of aromatic hydroxyl groups is 1. The van der Waals surface area contributed by atoms with Crippen molar-refractivity contribution in [2.24, 2.45) is 0 Å². The van der Waals surface area contributed by atoms with Crippen molar-refractivity contribution < 1.29 is 29.0 Å². The monoisotopic (exact) mass is 558 g/mol. The number of fused-ring (bicyclic) bond motifs is 1. The summed E-state index contributed by atoms with van der Waals surface area (Å²) in [5, 5.41) is 15.8. The molecular formula is C31H34N4O6. The van der Waals surface area contributed by atoms with Crippen molar-refractivity contribution in [3.05, 3.63) is 84.3 Å². The standard InChI is InChI=1S/C31H34N4O6/c1-21(36)34-28(31(39)40-2)18-30(38)33-19-22-20-35(16-6-4-8-23-7-3-5-15-32-23)29-14-13-26(17-27(22)29)41-25-11-9-24(37)10-12-25/h3,5,7,9-15,17,20,28,37H,4,6,8,16,18-19H2,1-2H3,(H,33,38)(H,34,36). The van der Waals surface area contributed by atoms with Crippen LogP contribution in [0.1, 0.15) is 37.4 Å². The third-order valence-electron chi connectivity index (χ3n) is 6.54. The predicted octanol–water partition coefficient (Wildman–Crippen LogP) is 4.24. The number of phenols is 1. The molecule has 214 valence electrons. The van der Waals surface area contributed by atoms with Gasteiger partial charge in [-0.15, -0.1) is 0 Å². The lowest BCUT2D eigenvalue weighted by Gasteiger charge is -2.15. The molecule has 10 nitrogen and oxygen atoms in total. The normalized spacial score (nSPS) is 11.6. The average molecular weight is 559 g/mol. The molecule has 0 aliphatic heterocycles. The number of carbonyl (C=O) groups is 3. The van der Waals surface area contributed by atoms with Gasteiger partial charge in [0.1, 0.15) is 23.3 Å². The van der Waals surface area contributed by atoms with E-state index in [-0.39, 0.29) is 18.7 Å². The third-order valence-corrected chi connectivity index (χ3v) is 6.54. The molecule has 1 atom stereocenters. The number of methoxy groups -OCH3 is 1. The minimum Gasteiger partial charge on any atom is -0.508 e. The van der Waals surface area contributed by atoms with Gasteiger partial charge in [0.25, 0.3) is 0 Å². The van der Waals surface area contributed by atoms with Crippen LogP contribution in [0.2, 0.25) is 0 Å². The van der Waals surface area contributed by atoms with Gasteiger partial charge in [-0.05, 0) is 79.4 Å². The number of hydrogen-bond acceptors (Lipinski definition) is 7. The fourth-order valence-electron chi connectivity index (χ4n) is 4.56. The lowest BCUT2D eigenvalue weighted by atomic mass is 10.1. The molecule has 3 N–H and O–H groups in total. The number of ether oxygens (including phenoxy) is 2. The lowest BCUT2D eigenvalue weighted by molar-refractivity contribution is -0.146. The number of unbranched alkanes of at least 4 members (excludes halogenated alkanes) is 1. The van der Waals surface area contributed by atoms with Crippen LogP contribution in [0, 0.1) is 0 Å². The third kappa shape index (κ3) is 8.31. The highest BCUT2D eigenvalue weighted by Gasteiger charge is 2.23. The number of nitrogens with one attached hydrogen (secondary N) is 2. The largest absolute Gasteiger partial charge is 0.508 e. The van der Waals surface area contributed by atoms with E-state index in [9.17, 15) is 19.5 Å². The average Bonchev–Trinajstić information content (AvgIpc) is 3.31. The van der Waals surface area contributed by atoms with Crippen LogP contribution in [0.4, 0.5) is 0 Å². The van der Waals surface area contributed by atoms with Gasteiger partial charge in [-0.3, -0.25) is 14.6 Å². The van der Waals surface area contributed by atoms with E-state index in [0.717, 1.165) is 48.0 Å². The van der Waals surface area contributed by atoms with E-state index in [4.69, 9.17) is 9.47 Å². The van der Waals surface area contributed by atoms with Gasteiger partial charge < -0.3 is 29.8 Å². The Labute approximate surface area is 238 Å². The van der Waals surface area contributed by atoms with Crippen molar-refractivity contribution in [1.82, 2.24) is 20.2 Å². The summed E-state index contributed by atoms with van der Waals surface area (Å²) >= 11 is 0. The van der Waals surface area contributed by atoms with E-state index in [1.165, 1.54) is 14.0 Å². The summed E-state index contributed by atoms with van der Waals surface area (Å²) in [7, 11) is 1.21. The van der Waals surface area contributed by atoms with Gasteiger partial charge in [0.05, 0.1) is 13.5 Å². The SMILES string of the molecule is COC(=O)C(CC(=O)NCc1cn(CCCCc2ccccn2)c2ccc(Oc3ccc(O)cc3)cc12)NC(C)=O. The Morgan fingerprint density at radius 3 is 2.51 bits per heavy atom. The maximum Gasteiger partial charge on any atom is 0.328 e. The summed E-state index contributed by atoms with van der Waals surface area (Å²) in [4.78, 5) is 40.6. The molecule has 0 aliphatic rings. The topological polar surface area (TPSA) is 132 Å². The first-order valence-electron chi connectivity index (χ1n) is 13.4. The molecule has 10 heteroatoms. The van der Waals surface area contributed by atoms with Crippen LogP contribution in [0.3, 0.4) is 0 Å². The first-order chi connectivity index (χ1) is 19.8. The Kier molecular flexibility index (Phi) is 9.93. The molecule has 0 spiro atoms. The number of aryl methyl sites for hydroxylation is 2. The molecule has 2 amide bonds. The predicted molar refractivity (Wildman–Crippen MR) is 153 cm³/mol. The van der Waals surface area contributed by atoms with E-state index in [2.05, 4.69) is 20.2 Å². The van der Waals surface area contributed by atoms with Gasteiger partial charge in [0, 0.05) is 49.0 Å². The van der Waals surface area contributed by atoms with Crippen molar-refractivity contribution in [2.75, 3.05) is 7.11 Å². The summed E-state index contributed by atoms with van der Waals surface area (Å²) in [6.07, 6.45) is 6.38.